The molecule has 0 amide bonds. The molecule has 0 bridgehead atoms. The van der Waals surface area contributed by atoms with Crippen LogP contribution >= 0.6 is 55.1 Å². The van der Waals surface area contributed by atoms with Crippen molar-refractivity contribution in [3.05, 3.63) is 55.4 Å². The molecule has 23 heavy (non-hydrogen) atoms. The van der Waals surface area contributed by atoms with Gasteiger partial charge in [-0.1, -0.05) is 39.1 Å². The molecule has 0 aliphatic rings. The lowest BCUT2D eigenvalue weighted by molar-refractivity contribution is 1.09. The van der Waals surface area contributed by atoms with Crippen LogP contribution in [0.4, 0.5) is 11.4 Å². The summed E-state index contributed by atoms with van der Waals surface area (Å²) in [4.78, 5) is 6.06. The molecule has 4 nitrogen and oxygen atoms in total. The molecule has 0 aromatic heterocycles. The number of hydrogen-bond acceptors (Lipinski definition) is 2. The van der Waals surface area contributed by atoms with E-state index in [-0.39, 0.29) is 0 Å². The summed E-state index contributed by atoms with van der Waals surface area (Å²) in [7, 11) is 1.83. The number of nitrogens with zero attached hydrogens (tertiary/aromatic N) is 2. The molecule has 0 aliphatic heterocycles. The van der Waals surface area contributed by atoms with E-state index in [1.807, 2.05) is 43.4 Å². The fourth-order valence-corrected chi connectivity index (χ4v) is 3.08. The lowest BCUT2D eigenvalue weighted by Gasteiger charge is -2.19. The Morgan fingerprint density at radius 3 is 2.61 bits per heavy atom. The SMILES string of the molecule is CN(C(N)=NCNc1cc(Cl)cc(Br)c1)c1ccc(Br)c(Cl)c1. The first-order chi connectivity index (χ1) is 10.9. The third-order valence-electron chi connectivity index (χ3n) is 3.02. The number of hydrogen-bond donors (Lipinski definition) is 2. The van der Waals surface area contributed by atoms with E-state index in [1.165, 1.54) is 0 Å². The Bertz CT molecular complexity index is 717. The van der Waals surface area contributed by atoms with Gasteiger partial charge in [0.15, 0.2) is 5.96 Å². The van der Waals surface area contributed by atoms with Crippen LogP contribution in [0.5, 0.6) is 0 Å². The summed E-state index contributed by atoms with van der Waals surface area (Å²) >= 11 is 18.8. The van der Waals surface area contributed by atoms with E-state index in [9.17, 15) is 0 Å². The molecule has 0 heterocycles. The smallest absolute Gasteiger partial charge is 0.197 e. The third kappa shape index (κ3) is 5.28. The fraction of sp³-hybridized carbons (Fsp3) is 0.133. The average Bonchev–Trinajstić information content (AvgIpc) is 2.48. The van der Waals surface area contributed by atoms with Crippen LogP contribution < -0.4 is 16.0 Å². The predicted molar refractivity (Wildman–Crippen MR) is 107 cm³/mol. The lowest BCUT2D eigenvalue weighted by atomic mass is 10.3. The van der Waals surface area contributed by atoms with Crippen molar-refractivity contribution in [2.24, 2.45) is 10.7 Å². The maximum Gasteiger partial charge on any atom is 0.197 e. The van der Waals surface area contributed by atoms with Gasteiger partial charge in [0.25, 0.3) is 0 Å². The summed E-state index contributed by atoms with van der Waals surface area (Å²) < 4.78 is 1.73. The Balaban J connectivity index is 2.02. The van der Waals surface area contributed by atoms with E-state index in [4.69, 9.17) is 28.9 Å². The first kappa shape index (κ1) is 18.4. The number of nitrogens with one attached hydrogen (secondary N) is 1. The maximum absolute atomic E-state index is 6.09. The zero-order valence-corrected chi connectivity index (χ0v) is 16.8. The minimum atomic E-state index is 0.327. The molecule has 0 saturated heterocycles. The van der Waals surface area contributed by atoms with Crippen molar-refractivity contribution < 1.29 is 0 Å². The molecule has 0 fully saturated rings. The molecule has 2 rings (SSSR count). The second-order valence-electron chi connectivity index (χ2n) is 4.67. The zero-order valence-electron chi connectivity index (χ0n) is 12.2. The van der Waals surface area contributed by atoms with Gasteiger partial charge in [-0.25, -0.2) is 4.99 Å². The van der Waals surface area contributed by atoms with Gasteiger partial charge in [0, 0.05) is 32.4 Å². The van der Waals surface area contributed by atoms with E-state index < -0.39 is 0 Å². The number of rotatable bonds is 4. The molecular weight excluding hydrogens is 467 g/mol. The molecule has 8 heteroatoms. The second kappa shape index (κ2) is 8.24. The van der Waals surface area contributed by atoms with E-state index in [0.717, 1.165) is 20.3 Å². The van der Waals surface area contributed by atoms with Crippen LogP contribution in [0, 0.1) is 0 Å². The van der Waals surface area contributed by atoms with Gasteiger partial charge in [0.05, 0.1) is 5.02 Å². The molecule has 0 spiro atoms. The minimum Gasteiger partial charge on any atom is -0.369 e. The number of halogens is 4. The van der Waals surface area contributed by atoms with Crippen molar-refractivity contribution in [1.82, 2.24) is 0 Å². The molecule has 3 N–H and O–H groups in total. The highest BCUT2D eigenvalue weighted by molar-refractivity contribution is 9.10. The van der Waals surface area contributed by atoms with Crippen LogP contribution in [-0.4, -0.2) is 19.7 Å². The van der Waals surface area contributed by atoms with Crippen molar-refractivity contribution in [2.45, 2.75) is 0 Å². The van der Waals surface area contributed by atoms with Gasteiger partial charge in [-0.15, -0.1) is 0 Å². The molecule has 0 radical (unpaired) electrons. The molecule has 2 aromatic carbocycles. The van der Waals surface area contributed by atoms with Crippen LogP contribution in [0.2, 0.25) is 10.0 Å². The van der Waals surface area contributed by atoms with Crippen molar-refractivity contribution in [1.29, 1.82) is 0 Å². The average molecular weight is 481 g/mol. The van der Waals surface area contributed by atoms with Crippen molar-refractivity contribution >= 4 is 72.4 Å². The quantitative estimate of drug-likeness (QED) is 0.459. The Morgan fingerprint density at radius 2 is 1.96 bits per heavy atom. The largest absolute Gasteiger partial charge is 0.369 e. The van der Waals surface area contributed by atoms with Crippen LogP contribution in [-0.2, 0) is 0 Å². The number of guanidine groups is 1. The molecular formula is C15H14Br2Cl2N4. The van der Waals surface area contributed by atoms with Crippen LogP contribution in [0.3, 0.4) is 0 Å². The Labute approximate surface area is 161 Å². The highest BCUT2D eigenvalue weighted by Crippen LogP contribution is 2.27. The summed E-state index contributed by atoms with van der Waals surface area (Å²) in [6, 6.07) is 11.1. The minimum absolute atomic E-state index is 0.327. The standard InChI is InChI=1S/C15H14Br2Cl2N4/c1-23(12-2-3-13(17)14(19)7-12)15(20)22-8-21-11-5-9(16)4-10(18)6-11/h2-7,21H,8H2,1H3,(H2,20,22). The summed E-state index contributed by atoms with van der Waals surface area (Å²) in [5.41, 5.74) is 7.72. The third-order valence-corrected chi connectivity index (χ3v) is 4.93. The lowest BCUT2D eigenvalue weighted by Crippen LogP contribution is -2.34. The number of nitrogens with two attached hydrogens (primary N) is 1. The van der Waals surface area contributed by atoms with Gasteiger partial charge >= 0.3 is 0 Å². The van der Waals surface area contributed by atoms with Gasteiger partial charge in [-0.2, -0.15) is 0 Å². The summed E-state index contributed by atoms with van der Waals surface area (Å²) in [5.74, 6) is 0.372. The molecule has 0 atom stereocenters. The Morgan fingerprint density at radius 1 is 1.22 bits per heavy atom. The van der Waals surface area contributed by atoms with Gasteiger partial charge in [0.1, 0.15) is 6.67 Å². The molecule has 0 unspecified atom stereocenters. The van der Waals surface area contributed by atoms with E-state index >= 15 is 0 Å². The first-order valence-corrected chi connectivity index (χ1v) is 8.89. The van der Waals surface area contributed by atoms with Crippen LogP contribution in [0.1, 0.15) is 0 Å². The fourth-order valence-electron chi connectivity index (χ4n) is 1.80. The Hall–Kier alpha value is -0.950. The van der Waals surface area contributed by atoms with Gasteiger partial charge in [-0.05, 0) is 52.3 Å². The van der Waals surface area contributed by atoms with Crippen molar-refractivity contribution in [2.75, 3.05) is 23.9 Å². The second-order valence-corrected chi connectivity index (χ2v) is 7.28. The molecule has 122 valence electrons. The van der Waals surface area contributed by atoms with E-state index in [1.54, 1.807) is 4.90 Å². The maximum atomic E-state index is 6.09. The van der Waals surface area contributed by atoms with Gasteiger partial charge in [-0.3, -0.25) is 0 Å². The molecule has 0 aliphatic carbocycles. The van der Waals surface area contributed by atoms with Crippen molar-refractivity contribution in [3.63, 3.8) is 0 Å². The number of benzene rings is 2. The predicted octanol–water partition coefficient (Wildman–Crippen LogP) is 5.34. The normalized spacial score (nSPS) is 11.4. The number of aliphatic imine (C=N–C) groups is 1. The van der Waals surface area contributed by atoms with Crippen molar-refractivity contribution in [3.8, 4) is 0 Å². The van der Waals surface area contributed by atoms with Gasteiger partial charge < -0.3 is 16.0 Å². The topological polar surface area (TPSA) is 53.6 Å². The van der Waals surface area contributed by atoms with Crippen LogP contribution in [0.25, 0.3) is 0 Å². The molecule has 0 saturated carbocycles. The van der Waals surface area contributed by atoms with E-state index in [0.29, 0.717) is 22.7 Å². The summed E-state index contributed by atoms with van der Waals surface area (Å²) in [6.45, 7) is 0.327. The molecule has 2 aromatic rings. The monoisotopic (exact) mass is 478 g/mol. The summed E-state index contributed by atoms with van der Waals surface area (Å²) in [6.07, 6.45) is 0. The Kier molecular flexibility index (Phi) is 6.59. The highest BCUT2D eigenvalue weighted by Gasteiger charge is 2.07. The number of anilines is 2. The van der Waals surface area contributed by atoms with E-state index in [2.05, 4.69) is 42.2 Å². The highest BCUT2D eigenvalue weighted by atomic mass is 79.9. The zero-order chi connectivity index (χ0) is 17.0. The first-order valence-electron chi connectivity index (χ1n) is 6.55. The summed E-state index contributed by atoms with van der Waals surface area (Å²) in [5, 5.41) is 4.40. The van der Waals surface area contributed by atoms with Gasteiger partial charge in [0.2, 0.25) is 0 Å². The van der Waals surface area contributed by atoms with Crippen LogP contribution in [0.15, 0.2) is 50.3 Å².